The largest absolute Gasteiger partial charge is 0.394 e. The van der Waals surface area contributed by atoms with Gasteiger partial charge in [0.25, 0.3) is 0 Å². The van der Waals surface area contributed by atoms with E-state index in [4.69, 9.17) is 71.1 Å². The molecule has 0 radical (unpaired) electrons. The molecule has 570 valence electrons. The van der Waals surface area contributed by atoms with Gasteiger partial charge in [-0.1, -0.05) is 0 Å². The van der Waals surface area contributed by atoms with Crippen LogP contribution < -0.4 is 10.6 Å². The van der Waals surface area contributed by atoms with E-state index >= 15 is 0 Å². The Kier molecular flexibility index (Phi) is 28.7. The average molecular weight is 1460 g/mol. The van der Waals surface area contributed by atoms with Crippen molar-refractivity contribution in [2.75, 3.05) is 52.4 Å². The highest BCUT2D eigenvalue weighted by Gasteiger charge is 2.59. The van der Waals surface area contributed by atoms with Crippen LogP contribution in [0.4, 0.5) is 0 Å². The summed E-state index contributed by atoms with van der Waals surface area (Å²) in [6.45, 7) is -5.50. The van der Waals surface area contributed by atoms with Gasteiger partial charge in [-0.2, -0.15) is 0 Å². The van der Waals surface area contributed by atoms with Crippen LogP contribution in [0.1, 0.15) is 13.8 Å². The minimum Gasteiger partial charge on any atom is -0.394 e. The second kappa shape index (κ2) is 34.7. The average Bonchev–Trinajstić information content (AvgIpc) is 0.773. The summed E-state index contributed by atoms with van der Waals surface area (Å²) in [5, 5.41) is 257. The van der Waals surface area contributed by atoms with E-state index in [2.05, 4.69) is 10.6 Å². The molecule has 2 amide bonds. The van der Waals surface area contributed by atoms with E-state index in [-0.39, 0.29) is 0 Å². The molecular weight excluding hydrogens is 1370 g/mol. The normalized spacial score (nSPS) is 49.8. The molecular formula is C52H89N2O43P. The van der Waals surface area contributed by atoms with Crippen LogP contribution in [0.5, 0.6) is 0 Å². The molecule has 1 unspecified atom stereocenters. The molecule has 0 aliphatic carbocycles. The van der Waals surface area contributed by atoms with Crippen molar-refractivity contribution in [1.82, 2.24) is 10.6 Å². The van der Waals surface area contributed by atoms with Gasteiger partial charge >= 0.3 is 7.60 Å². The van der Waals surface area contributed by atoms with Crippen molar-refractivity contribution in [3.8, 4) is 0 Å². The Hall–Kier alpha value is -2.43. The Bertz CT molecular complexity index is 2560. The van der Waals surface area contributed by atoms with Crippen LogP contribution in [0.15, 0.2) is 0 Å². The van der Waals surface area contributed by atoms with E-state index in [0.29, 0.717) is 0 Å². The molecule has 27 N–H and O–H groups in total. The second-order valence-corrected chi connectivity index (χ2v) is 26.3. The summed E-state index contributed by atoms with van der Waals surface area (Å²) < 4.78 is 98.5. The topological polar surface area (TPSA) is 719 Å². The molecule has 8 fully saturated rings. The van der Waals surface area contributed by atoms with E-state index in [9.17, 15) is 141 Å². The Morgan fingerprint density at radius 2 is 0.633 bits per heavy atom. The molecule has 0 aromatic carbocycles. The Morgan fingerprint density at radius 1 is 0.316 bits per heavy atom. The van der Waals surface area contributed by atoms with Crippen LogP contribution in [0.2, 0.25) is 0 Å². The van der Waals surface area contributed by atoms with Gasteiger partial charge in [-0.05, 0) is 0 Å². The molecule has 40 atom stereocenters. The molecule has 8 saturated heterocycles. The SMILES string of the molecule is CC(=O)N[C@H]1[C@H](O[C@H]2[C@H](O)[C@@H](NC(C)=O)C(O)O[C@@H]2CO)O[C@H](CO)[C@@H](O[C@@H]2O[C@H](CO[C@H]3O[C@H](CO[C@H]4O[C@H](CO)[C@@H](O)[C@H](O)[C@@H]4O)[C@@H](O)[C@H](O[C@H]4O[C@H](CO)[C@@H](O)[C@H](O)[C@@H]4O)[C@@H]3O)[C@@H](O)[C@H](O[C@H]3O[C@H](CO)[C@@H](O)[C@H](O)[C@@H]3O[C@H]3O[C@H](CP(=O)(O)O)[C@@H](O)[C@H](O)[C@@H]3O)[C@@H]2O)[C@@H]1O. The molecule has 8 rings (SSSR count). The number of nitrogens with one attached hydrogen (secondary N) is 2. The van der Waals surface area contributed by atoms with Gasteiger partial charge in [0.05, 0.1) is 52.4 Å². The number of carbonyl (C=O) groups excluding carboxylic acids is 2. The van der Waals surface area contributed by atoms with E-state index < -0.39 is 317 Å². The number of aliphatic hydroxyl groups excluding tert-OH is 23. The first kappa shape index (κ1) is 81.2. The van der Waals surface area contributed by atoms with E-state index in [1.54, 1.807) is 0 Å². The number of ether oxygens (including phenoxy) is 15. The minimum absolute atomic E-state index is 0.780. The minimum atomic E-state index is -5.11. The molecule has 8 heterocycles. The summed E-state index contributed by atoms with van der Waals surface area (Å²) >= 11 is 0. The first-order valence-corrected chi connectivity index (χ1v) is 32.5. The summed E-state index contributed by atoms with van der Waals surface area (Å²) in [6, 6.07) is -3.54. The monoisotopic (exact) mass is 1460 g/mol. The number of aliphatic hydroxyl groups is 23. The molecule has 8 aliphatic heterocycles. The van der Waals surface area contributed by atoms with E-state index in [1.807, 2.05) is 0 Å². The zero-order valence-corrected chi connectivity index (χ0v) is 52.6. The molecule has 0 aromatic rings. The van der Waals surface area contributed by atoms with E-state index in [0.717, 1.165) is 13.8 Å². The maximum absolute atomic E-state index is 12.9. The van der Waals surface area contributed by atoms with Crippen molar-refractivity contribution in [2.45, 2.75) is 259 Å². The molecule has 46 heteroatoms. The number of rotatable bonds is 25. The van der Waals surface area contributed by atoms with Gasteiger partial charge in [-0.15, -0.1) is 0 Å². The molecule has 98 heavy (non-hydrogen) atoms. The summed E-state index contributed by atoms with van der Waals surface area (Å²) in [7, 11) is -5.11. The number of amides is 2. The molecule has 0 bridgehead atoms. The highest BCUT2D eigenvalue weighted by Crippen LogP contribution is 2.41. The van der Waals surface area contributed by atoms with Crippen LogP contribution in [-0.4, -0.2) is 437 Å². The van der Waals surface area contributed by atoms with Crippen molar-refractivity contribution >= 4 is 19.4 Å². The molecule has 8 aliphatic rings. The standard InChI is InChI=1S/C52H89N2O43P/c1-11(60)53-21-29(68)40(16(6-58)85-45(21)79)93-46-22(54-12(2)61)30(69)41(17(7-59)89-46)94-51-39(78)43(96-52-44(34(73)25(64)15(5-57)88-52)97-50-37(76)33(72)26(65)20(92-50)10-98(80,81)82)28(67)19(91-51)9-84-48-38(77)42(95-49-36(75)32(71)24(63)14(4-56)87-49)27(66)18(90-48)8-83-47-35(74)31(70)23(62)13(3-55)86-47/h13-52,55-59,62-79H,3-10H2,1-2H3,(H,53,60)(H,54,61)(H2,80,81,82)/t13-,14-,15-,16-,17-,18-,19-,20-,21-,22-,23-,24-,25-,26-,27-,28-,29-,30-,31+,32+,33+,34+,35+,36+,37+,38+,39+,40-,41-,42+,43+,44+,45?,46+,47+,48+,49-,50-,51+,52-/m1/s1. The third-order valence-electron chi connectivity index (χ3n) is 17.7. The van der Waals surface area contributed by atoms with Gasteiger partial charge in [-0.25, -0.2) is 0 Å². The maximum atomic E-state index is 12.9. The fraction of sp³-hybridized carbons (Fsp3) is 0.962. The molecule has 45 nitrogen and oxygen atoms in total. The number of hydrogen-bond donors (Lipinski definition) is 27. The fourth-order valence-corrected chi connectivity index (χ4v) is 13.1. The molecule has 0 aromatic heterocycles. The highest BCUT2D eigenvalue weighted by atomic mass is 31.2. The summed E-state index contributed by atoms with van der Waals surface area (Å²) in [5.41, 5.74) is 0. The van der Waals surface area contributed by atoms with Gasteiger partial charge < -0.3 is 209 Å². The zero-order chi connectivity index (χ0) is 72.4. The lowest BCUT2D eigenvalue weighted by molar-refractivity contribution is -0.398. The van der Waals surface area contributed by atoms with Crippen molar-refractivity contribution < 1.29 is 212 Å². The lowest BCUT2D eigenvalue weighted by Gasteiger charge is -2.50. The highest BCUT2D eigenvalue weighted by molar-refractivity contribution is 7.51. The number of hydrogen-bond acceptors (Lipinski definition) is 41. The van der Waals surface area contributed by atoms with Gasteiger partial charge in [0.15, 0.2) is 50.3 Å². The Balaban J connectivity index is 1.13. The fourth-order valence-electron chi connectivity index (χ4n) is 12.3. The van der Waals surface area contributed by atoms with Crippen LogP contribution in [0.25, 0.3) is 0 Å². The van der Waals surface area contributed by atoms with Gasteiger partial charge in [0.1, 0.15) is 195 Å². The van der Waals surface area contributed by atoms with Crippen LogP contribution in [-0.2, 0) is 85.2 Å². The van der Waals surface area contributed by atoms with Crippen molar-refractivity contribution in [3.05, 3.63) is 0 Å². The number of carbonyl (C=O) groups is 2. The van der Waals surface area contributed by atoms with Gasteiger partial charge in [0, 0.05) is 13.8 Å². The molecule has 0 saturated carbocycles. The summed E-state index contributed by atoms with van der Waals surface area (Å²) in [4.78, 5) is 44.3. The Morgan fingerprint density at radius 3 is 1.11 bits per heavy atom. The zero-order valence-electron chi connectivity index (χ0n) is 51.7. The van der Waals surface area contributed by atoms with Crippen LogP contribution in [0.3, 0.4) is 0 Å². The maximum Gasteiger partial charge on any atom is 0.328 e. The Labute approximate surface area is 553 Å². The van der Waals surface area contributed by atoms with Gasteiger partial charge in [0.2, 0.25) is 11.8 Å². The van der Waals surface area contributed by atoms with Crippen LogP contribution >= 0.6 is 7.60 Å². The lowest BCUT2D eigenvalue weighted by Crippen LogP contribution is -2.70. The first-order valence-electron chi connectivity index (χ1n) is 30.7. The predicted molar refractivity (Wildman–Crippen MR) is 297 cm³/mol. The molecule has 0 spiro atoms. The predicted octanol–water partition coefficient (Wildman–Crippen LogP) is -18.0. The summed E-state index contributed by atoms with van der Waals surface area (Å²) in [5.74, 6) is -1.71. The third-order valence-corrected chi connectivity index (χ3v) is 18.5. The van der Waals surface area contributed by atoms with Gasteiger partial charge in [-0.3, -0.25) is 14.2 Å². The summed E-state index contributed by atoms with van der Waals surface area (Å²) in [6.07, 6.45) is -81.7. The van der Waals surface area contributed by atoms with Crippen molar-refractivity contribution in [1.29, 1.82) is 0 Å². The van der Waals surface area contributed by atoms with Crippen molar-refractivity contribution in [3.63, 3.8) is 0 Å². The van der Waals surface area contributed by atoms with Crippen molar-refractivity contribution in [2.24, 2.45) is 0 Å². The van der Waals surface area contributed by atoms with E-state index in [1.165, 1.54) is 0 Å². The lowest BCUT2D eigenvalue weighted by atomic mass is 9.94. The quantitative estimate of drug-likeness (QED) is 0.0377. The second-order valence-electron chi connectivity index (χ2n) is 24.6. The smallest absolute Gasteiger partial charge is 0.328 e. The first-order chi connectivity index (χ1) is 46.1. The van der Waals surface area contributed by atoms with Crippen LogP contribution in [0, 0.1) is 0 Å². The third kappa shape index (κ3) is 18.1.